The molecule has 0 spiro atoms. The van der Waals surface area contributed by atoms with E-state index in [1.165, 1.54) is 19.1 Å². The summed E-state index contributed by atoms with van der Waals surface area (Å²) in [6.45, 7) is 4.90. The Labute approximate surface area is 113 Å². The average Bonchev–Trinajstić information content (AvgIpc) is 2.85. The van der Waals surface area contributed by atoms with Crippen LogP contribution in [0, 0.1) is 5.41 Å². The molecule has 19 heavy (non-hydrogen) atoms. The molecule has 1 aromatic heterocycles. The predicted molar refractivity (Wildman–Crippen MR) is 71.2 cm³/mol. The third-order valence-corrected chi connectivity index (χ3v) is 3.86. The lowest BCUT2D eigenvalue weighted by Crippen LogP contribution is -2.30. The molecule has 1 heterocycles. The van der Waals surface area contributed by atoms with E-state index in [0.29, 0.717) is 23.3 Å². The molecule has 1 aromatic rings. The standard InChI is InChI=1S/C14H22N2O3/c1-14(2)6-3-10(4-7-14)19-9-12-11(5-8-18-12)13(17)16-15/h5,8,10H,3-4,6-7,9,15H2,1-2H3,(H,16,17). The van der Waals surface area contributed by atoms with Crippen molar-refractivity contribution in [3.05, 3.63) is 23.7 Å². The molecule has 0 saturated heterocycles. The first-order valence-electron chi connectivity index (χ1n) is 6.71. The Balaban J connectivity index is 1.86. The van der Waals surface area contributed by atoms with Gasteiger partial charge >= 0.3 is 0 Å². The van der Waals surface area contributed by atoms with Gasteiger partial charge in [0.1, 0.15) is 12.4 Å². The summed E-state index contributed by atoms with van der Waals surface area (Å²) < 4.78 is 11.1. The number of nitrogen functional groups attached to an aromatic ring is 1. The third kappa shape index (κ3) is 3.58. The second-order valence-corrected chi connectivity index (χ2v) is 5.91. The highest BCUT2D eigenvalue weighted by molar-refractivity contribution is 5.94. The summed E-state index contributed by atoms with van der Waals surface area (Å²) in [5.41, 5.74) is 2.97. The maximum absolute atomic E-state index is 11.5. The van der Waals surface area contributed by atoms with Crippen molar-refractivity contribution in [2.75, 3.05) is 0 Å². The van der Waals surface area contributed by atoms with Gasteiger partial charge in [-0.3, -0.25) is 10.2 Å². The number of hydrogen-bond donors (Lipinski definition) is 2. The summed E-state index contributed by atoms with van der Waals surface area (Å²) in [5.74, 6) is 5.30. The fourth-order valence-electron chi connectivity index (χ4n) is 2.47. The largest absolute Gasteiger partial charge is 0.466 e. The van der Waals surface area contributed by atoms with E-state index in [-0.39, 0.29) is 12.0 Å². The molecule has 1 saturated carbocycles. The van der Waals surface area contributed by atoms with Gasteiger partial charge < -0.3 is 9.15 Å². The van der Waals surface area contributed by atoms with Crippen molar-refractivity contribution in [2.45, 2.75) is 52.2 Å². The van der Waals surface area contributed by atoms with Gasteiger partial charge in [0.05, 0.1) is 17.9 Å². The number of hydrazine groups is 1. The maximum Gasteiger partial charge on any atom is 0.268 e. The van der Waals surface area contributed by atoms with E-state index in [2.05, 4.69) is 19.3 Å². The van der Waals surface area contributed by atoms with Crippen molar-refractivity contribution in [1.29, 1.82) is 0 Å². The van der Waals surface area contributed by atoms with Crippen LogP contribution in [-0.2, 0) is 11.3 Å². The molecule has 106 valence electrons. The molecule has 0 bridgehead atoms. The summed E-state index contributed by atoms with van der Waals surface area (Å²) in [5, 5.41) is 0. The lowest BCUT2D eigenvalue weighted by atomic mass is 9.76. The number of rotatable bonds is 4. The van der Waals surface area contributed by atoms with Crippen molar-refractivity contribution in [3.63, 3.8) is 0 Å². The van der Waals surface area contributed by atoms with Crippen LogP contribution in [0.25, 0.3) is 0 Å². The molecule has 0 atom stereocenters. The second-order valence-electron chi connectivity index (χ2n) is 5.91. The van der Waals surface area contributed by atoms with Crippen molar-refractivity contribution in [3.8, 4) is 0 Å². The molecule has 0 unspecified atom stereocenters. The Morgan fingerprint density at radius 3 is 2.84 bits per heavy atom. The van der Waals surface area contributed by atoms with Crippen LogP contribution in [0.4, 0.5) is 0 Å². The fraction of sp³-hybridized carbons (Fsp3) is 0.643. The summed E-state index contributed by atoms with van der Waals surface area (Å²) in [4.78, 5) is 11.5. The molecule has 1 fully saturated rings. The topological polar surface area (TPSA) is 77.5 Å². The number of nitrogens with one attached hydrogen (secondary N) is 1. The fourth-order valence-corrected chi connectivity index (χ4v) is 2.47. The molecule has 1 aliphatic carbocycles. The highest BCUT2D eigenvalue weighted by Gasteiger charge is 2.27. The molecule has 2 rings (SSSR count). The third-order valence-electron chi connectivity index (χ3n) is 3.86. The van der Waals surface area contributed by atoms with Gasteiger partial charge in [0.15, 0.2) is 0 Å². The molecule has 5 heteroatoms. The highest BCUT2D eigenvalue weighted by Crippen LogP contribution is 2.36. The number of furan rings is 1. The van der Waals surface area contributed by atoms with Crippen LogP contribution in [0.5, 0.6) is 0 Å². The van der Waals surface area contributed by atoms with E-state index in [1.807, 2.05) is 0 Å². The molecule has 3 N–H and O–H groups in total. The Hall–Kier alpha value is -1.33. The van der Waals surface area contributed by atoms with E-state index < -0.39 is 0 Å². The minimum atomic E-state index is -0.350. The molecule has 0 radical (unpaired) electrons. The van der Waals surface area contributed by atoms with Crippen LogP contribution in [-0.4, -0.2) is 12.0 Å². The van der Waals surface area contributed by atoms with Crippen molar-refractivity contribution < 1.29 is 13.9 Å². The molecule has 5 nitrogen and oxygen atoms in total. The van der Waals surface area contributed by atoms with E-state index >= 15 is 0 Å². The van der Waals surface area contributed by atoms with Gasteiger partial charge in [-0.1, -0.05) is 13.8 Å². The van der Waals surface area contributed by atoms with Gasteiger partial charge in [-0.05, 0) is 37.2 Å². The summed E-state index contributed by atoms with van der Waals surface area (Å²) in [6, 6.07) is 1.60. The van der Waals surface area contributed by atoms with Gasteiger partial charge in [-0.25, -0.2) is 5.84 Å². The van der Waals surface area contributed by atoms with Gasteiger partial charge in [0.25, 0.3) is 5.91 Å². The lowest BCUT2D eigenvalue weighted by Gasteiger charge is -2.34. The van der Waals surface area contributed by atoms with Gasteiger partial charge in [-0.15, -0.1) is 0 Å². The molecule has 0 aliphatic heterocycles. The molecular weight excluding hydrogens is 244 g/mol. The van der Waals surface area contributed by atoms with Gasteiger partial charge in [0, 0.05) is 0 Å². The van der Waals surface area contributed by atoms with Gasteiger partial charge in [-0.2, -0.15) is 0 Å². The summed E-state index contributed by atoms with van der Waals surface area (Å²) in [7, 11) is 0. The van der Waals surface area contributed by atoms with Crippen LogP contribution in [0.15, 0.2) is 16.7 Å². The lowest BCUT2D eigenvalue weighted by molar-refractivity contribution is -0.0123. The highest BCUT2D eigenvalue weighted by atomic mass is 16.5. The van der Waals surface area contributed by atoms with Crippen LogP contribution >= 0.6 is 0 Å². The summed E-state index contributed by atoms with van der Waals surface area (Å²) >= 11 is 0. The first-order valence-corrected chi connectivity index (χ1v) is 6.71. The summed E-state index contributed by atoms with van der Waals surface area (Å²) in [6.07, 6.45) is 6.20. The number of amides is 1. The smallest absolute Gasteiger partial charge is 0.268 e. The van der Waals surface area contributed by atoms with Crippen LogP contribution in [0.2, 0.25) is 0 Å². The normalized spacial score (nSPS) is 19.3. The first kappa shape index (κ1) is 14.1. The van der Waals surface area contributed by atoms with Crippen LogP contribution < -0.4 is 11.3 Å². The van der Waals surface area contributed by atoms with E-state index in [9.17, 15) is 4.79 Å². The number of ether oxygens (including phenoxy) is 1. The molecular formula is C14H22N2O3. The average molecular weight is 266 g/mol. The van der Waals surface area contributed by atoms with E-state index in [1.54, 1.807) is 6.07 Å². The monoisotopic (exact) mass is 266 g/mol. The molecule has 1 amide bonds. The van der Waals surface area contributed by atoms with Crippen molar-refractivity contribution in [1.82, 2.24) is 5.43 Å². The number of nitrogens with two attached hydrogens (primary N) is 1. The Kier molecular flexibility index (Phi) is 4.27. The zero-order valence-electron chi connectivity index (χ0n) is 11.6. The van der Waals surface area contributed by atoms with E-state index in [4.69, 9.17) is 15.0 Å². The first-order chi connectivity index (χ1) is 9.02. The molecule has 0 aromatic carbocycles. The number of hydrogen-bond acceptors (Lipinski definition) is 4. The number of carbonyl (C=O) groups is 1. The quantitative estimate of drug-likeness (QED) is 0.498. The SMILES string of the molecule is CC1(C)CCC(OCc2occc2C(=O)NN)CC1. The number of carbonyl (C=O) groups excluding carboxylic acids is 1. The Morgan fingerprint density at radius 1 is 1.53 bits per heavy atom. The predicted octanol–water partition coefficient (Wildman–Crippen LogP) is 2.37. The van der Waals surface area contributed by atoms with Crippen molar-refractivity contribution >= 4 is 5.91 Å². The Morgan fingerprint density at radius 2 is 2.21 bits per heavy atom. The Bertz CT molecular complexity index is 430. The zero-order chi connectivity index (χ0) is 13.9. The minimum absolute atomic E-state index is 0.256. The minimum Gasteiger partial charge on any atom is -0.466 e. The van der Waals surface area contributed by atoms with Gasteiger partial charge in [0.2, 0.25) is 0 Å². The zero-order valence-corrected chi connectivity index (χ0v) is 11.6. The van der Waals surface area contributed by atoms with Crippen LogP contribution in [0.3, 0.4) is 0 Å². The van der Waals surface area contributed by atoms with Crippen molar-refractivity contribution in [2.24, 2.45) is 11.3 Å². The second kappa shape index (κ2) is 5.75. The molecule has 1 aliphatic rings. The van der Waals surface area contributed by atoms with E-state index in [0.717, 1.165) is 12.8 Å². The maximum atomic E-state index is 11.5. The van der Waals surface area contributed by atoms with Crippen LogP contribution in [0.1, 0.15) is 55.6 Å².